The Kier molecular flexibility index (Phi) is 6.13. The van der Waals surface area contributed by atoms with E-state index >= 15 is 0 Å². The van der Waals surface area contributed by atoms with Crippen molar-refractivity contribution in [2.24, 2.45) is 0 Å². The average Bonchev–Trinajstić information content (AvgIpc) is 2.65. The number of hydrogen-bond donors (Lipinski definition) is 1. The average molecular weight is 385 g/mol. The number of fused-ring (bicyclic) bond motifs is 2. The quantitative estimate of drug-likeness (QED) is 0.385. The van der Waals surface area contributed by atoms with Gasteiger partial charge in [-0.15, -0.1) is 0 Å². The van der Waals surface area contributed by atoms with Gasteiger partial charge in [-0.1, -0.05) is 36.0 Å². The fourth-order valence-corrected chi connectivity index (χ4v) is 3.89. The lowest BCUT2D eigenvalue weighted by Gasteiger charge is -2.14. The minimum atomic E-state index is -0.111. The van der Waals surface area contributed by atoms with Crippen LogP contribution in [-0.4, -0.2) is 41.0 Å². The molecule has 0 bridgehead atoms. The summed E-state index contributed by atoms with van der Waals surface area (Å²) in [5.74, 6) is 0.0830. The van der Waals surface area contributed by atoms with Crippen LogP contribution in [-0.2, 0) is 16.1 Å². The third kappa shape index (κ3) is 4.31. The summed E-state index contributed by atoms with van der Waals surface area (Å²) in [5.41, 5.74) is 0.572. The molecule has 0 spiro atoms. The van der Waals surface area contributed by atoms with Gasteiger partial charge in [-0.2, -0.15) is 0 Å². The molecule has 0 radical (unpaired) electrons. The molecule has 142 valence electrons. The van der Waals surface area contributed by atoms with E-state index in [-0.39, 0.29) is 23.3 Å². The van der Waals surface area contributed by atoms with Gasteiger partial charge in [-0.05, 0) is 36.8 Å². The van der Waals surface area contributed by atoms with Crippen LogP contribution in [0.4, 0.5) is 0 Å². The van der Waals surface area contributed by atoms with E-state index in [1.165, 1.54) is 11.8 Å². The van der Waals surface area contributed by atoms with Gasteiger partial charge in [-0.25, -0.2) is 4.98 Å². The van der Waals surface area contributed by atoms with E-state index in [1.54, 1.807) is 11.7 Å². The van der Waals surface area contributed by atoms with Crippen molar-refractivity contribution in [2.75, 3.05) is 19.5 Å². The third-order valence-electron chi connectivity index (χ3n) is 4.26. The normalized spacial score (nSPS) is 12.4. The van der Waals surface area contributed by atoms with E-state index in [2.05, 4.69) is 10.3 Å². The van der Waals surface area contributed by atoms with E-state index in [0.29, 0.717) is 29.2 Å². The van der Waals surface area contributed by atoms with Gasteiger partial charge in [0.2, 0.25) is 5.91 Å². The second-order valence-corrected chi connectivity index (χ2v) is 7.32. The maximum Gasteiger partial charge on any atom is 0.262 e. The van der Waals surface area contributed by atoms with Gasteiger partial charge in [0, 0.05) is 19.7 Å². The molecule has 2 aromatic carbocycles. The number of aromatic nitrogens is 2. The Balaban J connectivity index is 1.91. The van der Waals surface area contributed by atoms with Crippen LogP contribution in [0.1, 0.15) is 13.8 Å². The molecule has 1 atom stereocenters. The second kappa shape index (κ2) is 8.54. The van der Waals surface area contributed by atoms with Crippen molar-refractivity contribution in [3.63, 3.8) is 0 Å². The summed E-state index contributed by atoms with van der Waals surface area (Å²) in [7, 11) is 1.60. The minimum absolute atomic E-state index is 0.0626. The van der Waals surface area contributed by atoms with Gasteiger partial charge in [-0.3, -0.25) is 14.2 Å². The Morgan fingerprint density at radius 1 is 1.30 bits per heavy atom. The number of ether oxygens (including phenoxy) is 1. The molecule has 27 heavy (non-hydrogen) atoms. The van der Waals surface area contributed by atoms with E-state index in [0.717, 1.165) is 10.8 Å². The molecule has 0 aliphatic heterocycles. The molecular formula is C20H23N3O3S. The number of amides is 1. The Labute approximate surface area is 161 Å². The molecule has 0 fully saturated rings. The number of hydrogen-bond acceptors (Lipinski definition) is 5. The van der Waals surface area contributed by atoms with Gasteiger partial charge in [0.15, 0.2) is 5.16 Å². The number of nitrogens with zero attached hydrogens (tertiary/aromatic N) is 2. The second-order valence-electron chi connectivity index (χ2n) is 6.37. The first-order chi connectivity index (χ1) is 13.0. The highest BCUT2D eigenvalue weighted by Crippen LogP contribution is 2.22. The van der Waals surface area contributed by atoms with Crippen LogP contribution in [0.15, 0.2) is 46.3 Å². The van der Waals surface area contributed by atoms with E-state index in [9.17, 15) is 9.59 Å². The van der Waals surface area contributed by atoms with Crippen LogP contribution < -0.4 is 10.9 Å². The summed E-state index contributed by atoms with van der Waals surface area (Å²) in [5, 5.41) is 6.06. The third-order valence-corrected chi connectivity index (χ3v) is 5.24. The summed E-state index contributed by atoms with van der Waals surface area (Å²) in [6.45, 7) is 4.74. The number of thioether (sulfide) groups is 1. The smallest absolute Gasteiger partial charge is 0.262 e. The summed E-state index contributed by atoms with van der Waals surface area (Å²) < 4.78 is 6.64. The Bertz CT molecular complexity index is 1030. The lowest BCUT2D eigenvalue weighted by molar-refractivity contribution is -0.119. The molecule has 6 nitrogen and oxygen atoms in total. The number of carbonyl (C=O) groups excluding carboxylic acids is 1. The lowest BCUT2D eigenvalue weighted by Crippen LogP contribution is -2.36. The summed E-state index contributed by atoms with van der Waals surface area (Å²) in [4.78, 5) is 29.7. The first-order valence-corrected chi connectivity index (χ1v) is 9.86. The van der Waals surface area contributed by atoms with Gasteiger partial charge in [0.05, 0.1) is 23.3 Å². The zero-order valence-electron chi connectivity index (χ0n) is 15.7. The predicted octanol–water partition coefficient (Wildman–Crippen LogP) is 2.81. The lowest BCUT2D eigenvalue weighted by atomic mass is 10.1. The number of nitrogens with one attached hydrogen (secondary N) is 1. The fraction of sp³-hybridized carbons (Fsp3) is 0.350. The van der Waals surface area contributed by atoms with Gasteiger partial charge in [0.1, 0.15) is 0 Å². The van der Waals surface area contributed by atoms with Crippen LogP contribution in [0.3, 0.4) is 0 Å². The summed E-state index contributed by atoms with van der Waals surface area (Å²) in [6, 6.07) is 11.7. The van der Waals surface area contributed by atoms with Crippen molar-refractivity contribution in [3.05, 3.63) is 46.8 Å². The number of carbonyl (C=O) groups is 1. The molecule has 0 saturated carbocycles. The topological polar surface area (TPSA) is 73.2 Å². The van der Waals surface area contributed by atoms with Crippen molar-refractivity contribution in [3.8, 4) is 0 Å². The molecule has 0 aliphatic carbocycles. The predicted molar refractivity (Wildman–Crippen MR) is 109 cm³/mol. The fourth-order valence-electron chi connectivity index (χ4n) is 3.02. The van der Waals surface area contributed by atoms with E-state index in [4.69, 9.17) is 4.74 Å². The zero-order valence-corrected chi connectivity index (χ0v) is 16.5. The monoisotopic (exact) mass is 385 g/mol. The van der Waals surface area contributed by atoms with Crippen LogP contribution in [0.5, 0.6) is 0 Å². The molecule has 3 rings (SSSR count). The first-order valence-electron chi connectivity index (χ1n) is 8.88. The number of benzene rings is 2. The van der Waals surface area contributed by atoms with Crippen molar-refractivity contribution in [1.82, 2.24) is 14.9 Å². The van der Waals surface area contributed by atoms with E-state index < -0.39 is 0 Å². The molecule has 3 aromatic rings. The molecule has 1 unspecified atom stereocenters. The number of methoxy groups -OCH3 is 1. The largest absolute Gasteiger partial charge is 0.383 e. The maximum atomic E-state index is 12.9. The maximum absolute atomic E-state index is 12.9. The van der Waals surface area contributed by atoms with Gasteiger partial charge >= 0.3 is 0 Å². The first kappa shape index (κ1) is 19.4. The highest BCUT2D eigenvalue weighted by Gasteiger charge is 2.14. The van der Waals surface area contributed by atoms with Crippen LogP contribution in [0, 0.1) is 0 Å². The standard InChI is InChI=1S/C20H23N3O3S/c1-4-23-19(25)16-9-14-7-5-6-8-15(14)10-17(16)22-20(23)27-12-18(24)21-13(2)11-26-3/h5-10,13H,4,11-12H2,1-3H3,(H,21,24). The zero-order chi connectivity index (χ0) is 19.4. The van der Waals surface area contributed by atoms with Crippen LogP contribution >= 0.6 is 11.8 Å². The Morgan fingerprint density at radius 3 is 2.67 bits per heavy atom. The van der Waals surface area contributed by atoms with Gasteiger partial charge in [0.25, 0.3) is 5.56 Å². The van der Waals surface area contributed by atoms with Crippen molar-refractivity contribution in [2.45, 2.75) is 31.6 Å². The number of rotatable bonds is 7. The summed E-state index contributed by atoms with van der Waals surface area (Å²) in [6.07, 6.45) is 0. The SMILES string of the molecule is CCn1c(SCC(=O)NC(C)COC)nc2cc3ccccc3cc2c1=O. The molecule has 7 heteroatoms. The molecule has 0 aliphatic rings. The summed E-state index contributed by atoms with van der Waals surface area (Å²) >= 11 is 1.27. The molecule has 0 saturated heterocycles. The minimum Gasteiger partial charge on any atom is -0.383 e. The molecular weight excluding hydrogens is 362 g/mol. The van der Waals surface area contributed by atoms with E-state index in [1.807, 2.05) is 50.2 Å². The van der Waals surface area contributed by atoms with Gasteiger partial charge < -0.3 is 10.1 Å². The molecule has 1 heterocycles. The molecule has 1 amide bonds. The van der Waals surface area contributed by atoms with Crippen molar-refractivity contribution >= 4 is 39.3 Å². The van der Waals surface area contributed by atoms with Crippen LogP contribution in [0.25, 0.3) is 21.7 Å². The highest BCUT2D eigenvalue weighted by molar-refractivity contribution is 7.99. The van der Waals surface area contributed by atoms with Crippen LogP contribution in [0.2, 0.25) is 0 Å². The Morgan fingerprint density at radius 2 is 2.00 bits per heavy atom. The molecule has 1 aromatic heterocycles. The van der Waals surface area contributed by atoms with Crippen molar-refractivity contribution in [1.29, 1.82) is 0 Å². The van der Waals surface area contributed by atoms with Crippen molar-refractivity contribution < 1.29 is 9.53 Å². The highest BCUT2D eigenvalue weighted by atomic mass is 32.2. The molecule has 1 N–H and O–H groups in total. The Hall–Kier alpha value is -2.38.